The number of aliphatic hydroxyl groups is 1. The Bertz CT molecular complexity index is 1220. The summed E-state index contributed by atoms with van der Waals surface area (Å²) in [6.45, 7) is 6.20. The number of aromatic carboxylic acids is 1. The van der Waals surface area contributed by atoms with Gasteiger partial charge in [0, 0.05) is 12.0 Å². The maximum atomic E-state index is 12.4. The molecule has 1 aromatic carbocycles. The van der Waals surface area contributed by atoms with Crippen LogP contribution in [-0.4, -0.2) is 45.8 Å². The zero-order valence-electron chi connectivity index (χ0n) is 23.2. The molecule has 6 atom stereocenters. The molecule has 0 aliphatic heterocycles. The number of allylic oxidation sites excluding steroid dienone is 2. The number of fused-ring (bicyclic) bond motifs is 5. The second-order valence-electron chi connectivity index (χ2n) is 12.5. The molecule has 1 amide bonds. The van der Waals surface area contributed by atoms with E-state index in [0.29, 0.717) is 24.2 Å². The van der Waals surface area contributed by atoms with E-state index in [1.165, 1.54) is 17.7 Å². The molecule has 0 aromatic heterocycles. The number of rotatable bonds is 7. The Morgan fingerprint density at radius 2 is 1.74 bits per heavy atom. The van der Waals surface area contributed by atoms with Gasteiger partial charge in [-0.15, -0.1) is 0 Å². The highest BCUT2D eigenvalue weighted by molar-refractivity contribution is 5.96. The van der Waals surface area contributed by atoms with E-state index in [2.05, 4.69) is 30.4 Å². The molecule has 4 aliphatic rings. The van der Waals surface area contributed by atoms with Crippen LogP contribution in [0.5, 0.6) is 0 Å². The fourth-order valence-electron chi connectivity index (χ4n) is 8.43. The Balaban J connectivity index is 1.18. The molecule has 0 saturated heterocycles. The smallest absolute Gasteiger partial charge is 0.335 e. The molecule has 0 spiro atoms. The van der Waals surface area contributed by atoms with Crippen LogP contribution in [-0.2, 0) is 21.0 Å². The molecule has 39 heavy (non-hydrogen) atoms. The topological polar surface area (TPSA) is 125 Å². The summed E-state index contributed by atoms with van der Waals surface area (Å²) in [6.07, 6.45) is 9.46. The number of nitrogens with one attached hydrogen (secondary N) is 1. The number of amides is 1. The first-order chi connectivity index (χ1) is 18.5. The SMILES string of the molecule is CC(=O)C1(O)CCC2C3CCC4=CC(=NOCC(=O)NCc5ccc(C(=O)O)cc5)CCC4(C)C3CCC21C. The summed E-state index contributed by atoms with van der Waals surface area (Å²) in [5.74, 6) is 0.108. The average molecular weight is 537 g/mol. The van der Waals surface area contributed by atoms with Crippen molar-refractivity contribution in [2.75, 3.05) is 6.61 Å². The van der Waals surface area contributed by atoms with Gasteiger partial charge in [0.1, 0.15) is 5.60 Å². The van der Waals surface area contributed by atoms with Crippen LogP contribution in [0.15, 0.2) is 41.1 Å². The van der Waals surface area contributed by atoms with Crippen LogP contribution in [0.2, 0.25) is 0 Å². The summed E-state index contributed by atoms with van der Waals surface area (Å²) < 4.78 is 0. The van der Waals surface area contributed by atoms with E-state index in [0.717, 1.165) is 56.2 Å². The van der Waals surface area contributed by atoms with Crippen LogP contribution in [0.25, 0.3) is 0 Å². The number of ketones is 1. The molecule has 5 rings (SSSR count). The van der Waals surface area contributed by atoms with Gasteiger partial charge in [0.15, 0.2) is 12.4 Å². The molecule has 1 aromatic rings. The van der Waals surface area contributed by atoms with Gasteiger partial charge in [-0.1, -0.05) is 36.7 Å². The number of benzene rings is 1. The molecule has 3 fully saturated rings. The monoisotopic (exact) mass is 536 g/mol. The summed E-state index contributed by atoms with van der Waals surface area (Å²) in [5.41, 5.74) is 1.87. The molecular formula is C31H40N2O6. The third-order valence-corrected chi connectivity index (χ3v) is 10.8. The third-order valence-electron chi connectivity index (χ3n) is 10.8. The van der Waals surface area contributed by atoms with Crippen LogP contribution in [0, 0.1) is 28.6 Å². The summed E-state index contributed by atoms with van der Waals surface area (Å²) >= 11 is 0. The van der Waals surface area contributed by atoms with Gasteiger partial charge in [0.25, 0.3) is 5.91 Å². The van der Waals surface area contributed by atoms with Crippen molar-refractivity contribution in [2.45, 2.75) is 84.3 Å². The van der Waals surface area contributed by atoms with Gasteiger partial charge in [0.05, 0.1) is 11.3 Å². The quantitative estimate of drug-likeness (QED) is 0.436. The van der Waals surface area contributed by atoms with E-state index in [1.54, 1.807) is 19.1 Å². The molecule has 8 heteroatoms. The maximum absolute atomic E-state index is 12.4. The standard InChI is InChI=1S/C31H40N2O6/c1-19(34)31(38)15-12-26-24-9-8-22-16-23(10-13-29(22,2)25(24)11-14-30(26,31)3)33-39-18-27(35)32-17-20-4-6-21(7-5-20)28(36)37/h4-7,16,24-26,38H,8-15,17-18H2,1-3H3,(H,32,35)(H,36,37). The Morgan fingerprint density at radius 3 is 2.44 bits per heavy atom. The van der Waals surface area contributed by atoms with E-state index in [4.69, 9.17) is 9.94 Å². The van der Waals surface area contributed by atoms with E-state index < -0.39 is 11.6 Å². The van der Waals surface area contributed by atoms with Gasteiger partial charge in [0.2, 0.25) is 0 Å². The van der Waals surface area contributed by atoms with Crippen molar-refractivity contribution >= 4 is 23.4 Å². The number of Topliss-reactive ketones (excluding diaryl/α,β-unsaturated/α-hetero) is 1. The van der Waals surface area contributed by atoms with Gasteiger partial charge in [-0.05, 0) is 105 Å². The van der Waals surface area contributed by atoms with Crippen molar-refractivity contribution in [1.29, 1.82) is 0 Å². The number of carboxylic acid groups (broad SMARTS) is 1. The highest BCUT2D eigenvalue weighted by Gasteiger charge is 2.65. The summed E-state index contributed by atoms with van der Waals surface area (Å²) in [6, 6.07) is 6.37. The molecular weight excluding hydrogens is 496 g/mol. The Morgan fingerprint density at radius 1 is 1.03 bits per heavy atom. The van der Waals surface area contributed by atoms with Crippen molar-refractivity contribution in [1.82, 2.24) is 5.32 Å². The minimum Gasteiger partial charge on any atom is -0.478 e. The molecule has 0 heterocycles. The molecule has 3 N–H and O–H groups in total. The van der Waals surface area contributed by atoms with Crippen molar-refractivity contribution < 1.29 is 29.4 Å². The first kappa shape index (κ1) is 27.6. The maximum Gasteiger partial charge on any atom is 0.335 e. The molecule has 0 bridgehead atoms. The predicted molar refractivity (Wildman–Crippen MR) is 146 cm³/mol. The van der Waals surface area contributed by atoms with Crippen LogP contribution in [0.1, 0.15) is 88.1 Å². The second-order valence-corrected chi connectivity index (χ2v) is 12.5. The van der Waals surface area contributed by atoms with Crippen molar-refractivity contribution in [3.05, 3.63) is 47.0 Å². The lowest BCUT2D eigenvalue weighted by Gasteiger charge is -2.59. The van der Waals surface area contributed by atoms with Gasteiger partial charge in [-0.3, -0.25) is 9.59 Å². The summed E-state index contributed by atoms with van der Waals surface area (Å²) in [4.78, 5) is 41.0. The fourth-order valence-corrected chi connectivity index (χ4v) is 8.43. The fraction of sp³-hybridized carbons (Fsp3) is 0.613. The lowest BCUT2D eigenvalue weighted by molar-refractivity contribution is -0.159. The predicted octanol–water partition coefficient (Wildman–Crippen LogP) is 4.66. The van der Waals surface area contributed by atoms with E-state index in [9.17, 15) is 19.5 Å². The van der Waals surface area contributed by atoms with Crippen molar-refractivity contribution in [2.24, 2.45) is 33.7 Å². The minimum atomic E-state index is -1.18. The van der Waals surface area contributed by atoms with E-state index >= 15 is 0 Å². The van der Waals surface area contributed by atoms with Crippen LogP contribution in [0.4, 0.5) is 0 Å². The first-order valence-corrected chi connectivity index (χ1v) is 14.2. The zero-order chi connectivity index (χ0) is 28.0. The average Bonchev–Trinajstić information content (AvgIpc) is 3.19. The Hall–Kier alpha value is -3.00. The second kappa shape index (κ2) is 10.2. The van der Waals surface area contributed by atoms with E-state index in [1.807, 2.05) is 0 Å². The molecule has 6 unspecified atom stereocenters. The molecule has 210 valence electrons. The van der Waals surface area contributed by atoms with E-state index in [-0.39, 0.29) is 41.2 Å². The number of nitrogens with zero attached hydrogens (tertiary/aromatic N) is 1. The Kier molecular flexibility index (Phi) is 7.20. The number of hydrogen-bond donors (Lipinski definition) is 3. The molecule has 4 aliphatic carbocycles. The summed E-state index contributed by atoms with van der Waals surface area (Å²) in [5, 5.41) is 27.4. The lowest BCUT2D eigenvalue weighted by atomic mass is 9.46. The number of oxime groups is 1. The van der Waals surface area contributed by atoms with Crippen LogP contribution >= 0.6 is 0 Å². The highest BCUT2D eigenvalue weighted by atomic mass is 16.6. The zero-order valence-corrected chi connectivity index (χ0v) is 23.2. The first-order valence-electron chi connectivity index (χ1n) is 14.2. The Labute approximate surface area is 229 Å². The van der Waals surface area contributed by atoms with Gasteiger partial charge >= 0.3 is 5.97 Å². The number of hydrogen-bond acceptors (Lipinski definition) is 6. The third kappa shape index (κ3) is 4.71. The van der Waals surface area contributed by atoms with Crippen LogP contribution < -0.4 is 5.32 Å². The van der Waals surface area contributed by atoms with Crippen molar-refractivity contribution in [3.63, 3.8) is 0 Å². The molecule has 8 nitrogen and oxygen atoms in total. The summed E-state index contributed by atoms with van der Waals surface area (Å²) in [7, 11) is 0. The lowest BCUT2D eigenvalue weighted by Crippen LogP contribution is -2.57. The van der Waals surface area contributed by atoms with Crippen LogP contribution in [0.3, 0.4) is 0 Å². The number of carboxylic acids is 1. The minimum absolute atomic E-state index is 0.0739. The largest absolute Gasteiger partial charge is 0.478 e. The number of carbonyl (C=O) groups is 3. The molecule has 3 saturated carbocycles. The number of carbonyl (C=O) groups excluding carboxylic acids is 2. The molecule has 0 radical (unpaired) electrons. The van der Waals surface area contributed by atoms with Gasteiger partial charge in [-0.2, -0.15) is 0 Å². The normalized spacial score (nSPS) is 36.3. The highest BCUT2D eigenvalue weighted by Crippen LogP contribution is 2.67. The van der Waals surface area contributed by atoms with Gasteiger partial charge in [-0.25, -0.2) is 4.79 Å². The van der Waals surface area contributed by atoms with Crippen molar-refractivity contribution in [3.8, 4) is 0 Å². The van der Waals surface area contributed by atoms with Gasteiger partial charge < -0.3 is 20.4 Å².